The van der Waals surface area contributed by atoms with Crippen LogP contribution in [-0.2, 0) is 13.0 Å². The average molecular weight is 417 g/mol. The summed E-state index contributed by atoms with van der Waals surface area (Å²) in [7, 11) is 0. The van der Waals surface area contributed by atoms with Gasteiger partial charge in [-0.2, -0.15) is 0 Å². The van der Waals surface area contributed by atoms with Crippen LogP contribution in [0.5, 0.6) is 5.75 Å². The summed E-state index contributed by atoms with van der Waals surface area (Å²) in [4.78, 5) is 4.08. The Bertz CT molecular complexity index is 1080. The Morgan fingerprint density at radius 1 is 0.867 bits per heavy atom. The van der Waals surface area contributed by atoms with Gasteiger partial charge in [-0.1, -0.05) is 48.2 Å². The van der Waals surface area contributed by atoms with Crippen LogP contribution in [0.4, 0.5) is 0 Å². The number of aryl methyl sites for hydroxylation is 3. The highest BCUT2D eigenvalue weighted by Crippen LogP contribution is 2.26. The van der Waals surface area contributed by atoms with Crippen molar-refractivity contribution in [3.63, 3.8) is 0 Å². The van der Waals surface area contributed by atoms with Crippen molar-refractivity contribution in [2.45, 2.75) is 32.0 Å². The number of benzene rings is 2. The maximum Gasteiger partial charge on any atom is 0.195 e. The molecule has 0 N–H and O–H groups in total. The van der Waals surface area contributed by atoms with E-state index in [2.05, 4.69) is 57.9 Å². The predicted molar refractivity (Wildman–Crippen MR) is 120 cm³/mol. The van der Waals surface area contributed by atoms with Gasteiger partial charge in [-0.25, -0.2) is 0 Å². The molecule has 0 unspecified atom stereocenters. The third kappa shape index (κ3) is 4.71. The fourth-order valence-electron chi connectivity index (χ4n) is 3.30. The van der Waals surface area contributed by atoms with Gasteiger partial charge in [0.2, 0.25) is 0 Å². The maximum atomic E-state index is 6.16. The van der Waals surface area contributed by atoms with Crippen LogP contribution in [0.3, 0.4) is 0 Å². The molecule has 0 spiro atoms. The fraction of sp³-hybridized carbons (Fsp3) is 0.208. The lowest BCUT2D eigenvalue weighted by molar-refractivity contribution is 0.289. The predicted octanol–water partition coefficient (Wildman–Crippen LogP) is 5.19. The zero-order chi connectivity index (χ0) is 20.8. The Hall–Kier alpha value is -3.12. The van der Waals surface area contributed by atoms with Crippen LogP contribution in [0.2, 0.25) is 0 Å². The van der Waals surface area contributed by atoms with Crippen molar-refractivity contribution in [1.82, 2.24) is 19.7 Å². The van der Waals surface area contributed by atoms with Crippen LogP contribution in [0.15, 0.2) is 78.2 Å². The molecule has 6 heteroatoms. The van der Waals surface area contributed by atoms with E-state index in [-0.39, 0.29) is 0 Å². The van der Waals surface area contributed by atoms with Gasteiger partial charge in [-0.05, 0) is 61.2 Å². The molecular weight excluding hydrogens is 392 g/mol. The SMILES string of the molecule is Cc1cccc(C)c1OCc1nnc(SCCc2ccncc2)n1-c1ccccc1. The minimum absolute atomic E-state index is 0.360. The van der Waals surface area contributed by atoms with Gasteiger partial charge in [0.1, 0.15) is 12.4 Å². The number of nitrogens with zero attached hydrogens (tertiary/aromatic N) is 4. The van der Waals surface area contributed by atoms with E-state index in [0.29, 0.717) is 6.61 Å². The van der Waals surface area contributed by atoms with Gasteiger partial charge >= 0.3 is 0 Å². The molecule has 4 aromatic rings. The van der Waals surface area contributed by atoms with Gasteiger partial charge in [0.15, 0.2) is 11.0 Å². The minimum atomic E-state index is 0.360. The highest BCUT2D eigenvalue weighted by atomic mass is 32.2. The zero-order valence-electron chi connectivity index (χ0n) is 17.2. The van der Waals surface area contributed by atoms with E-state index < -0.39 is 0 Å². The normalized spacial score (nSPS) is 10.9. The van der Waals surface area contributed by atoms with Gasteiger partial charge < -0.3 is 4.74 Å². The number of para-hydroxylation sites is 2. The first-order chi connectivity index (χ1) is 14.7. The van der Waals surface area contributed by atoms with Crippen LogP contribution in [0.1, 0.15) is 22.5 Å². The third-order valence-corrected chi connectivity index (χ3v) is 5.77. The molecule has 0 saturated carbocycles. The van der Waals surface area contributed by atoms with Crippen LogP contribution >= 0.6 is 11.8 Å². The first kappa shape index (κ1) is 20.2. The molecule has 4 rings (SSSR count). The van der Waals surface area contributed by atoms with Crippen molar-refractivity contribution in [3.8, 4) is 11.4 Å². The standard InChI is InChI=1S/C24H24N4OS/c1-18-7-6-8-19(2)23(18)29-17-22-26-27-24(28(22)21-9-4-3-5-10-21)30-16-13-20-11-14-25-15-12-20/h3-12,14-15H,13,16-17H2,1-2H3. The quantitative estimate of drug-likeness (QED) is 0.370. The maximum absolute atomic E-state index is 6.16. The lowest BCUT2D eigenvalue weighted by Gasteiger charge is -2.13. The van der Waals surface area contributed by atoms with E-state index in [1.807, 2.05) is 48.8 Å². The van der Waals surface area contributed by atoms with Gasteiger partial charge in [0.05, 0.1) is 0 Å². The summed E-state index contributed by atoms with van der Waals surface area (Å²) in [5.41, 5.74) is 4.54. The van der Waals surface area contributed by atoms with Gasteiger partial charge in [0, 0.05) is 23.8 Å². The second kappa shape index (κ2) is 9.59. The number of rotatable bonds is 8. The van der Waals surface area contributed by atoms with E-state index in [4.69, 9.17) is 4.74 Å². The summed E-state index contributed by atoms with van der Waals surface area (Å²) in [6, 6.07) is 20.5. The van der Waals surface area contributed by atoms with E-state index in [1.54, 1.807) is 11.8 Å². The topological polar surface area (TPSA) is 52.8 Å². The number of hydrogen-bond acceptors (Lipinski definition) is 5. The third-order valence-electron chi connectivity index (χ3n) is 4.84. The van der Waals surface area contributed by atoms with Crippen LogP contribution in [0.25, 0.3) is 5.69 Å². The largest absolute Gasteiger partial charge is 0.485 e. The van der Waals surface area contributed by atoms with E-state index in [0.717, 1.165) is 45.7 Å². The molecule has 2 aromatic carbocycles. The molecule has 0 aliphatic rings. The molecule has 0 atom stereocenters. The van der Waals surface area contributed by atoms with Gasteiger partial charge in [0.25, 0.3) is 0 Å². The molecule has 0 amide bonds. The molecule has 5 nitrogen and oxygen atoms in total. The molecule has 30 heavy (non-hydrogen) atoms. The molecule has 0 aliphatic carbocycles. The van der Waals surface area contributed by atoms with Gasteiger partial charge in [-0.15, -0.1) is 10.2 Å². The number of pyridine rings is 1. The van der Waals surface area contributed by atoms with E-state index >= 15 is 0 Å². The van der Waals surface area contributed by atoms with Crippen molar-refractivity contribution in [1.29, 1.82) is 0 Å². The fourth-order valence-corrected chi connectivity index (χ4v) is 4.26. The molecular formula is C24H24N4OS. The van der Waals surface area contributed by atoms with E-state index in [1.165, 1.54) is 5.56 Å². The first-order valence-corrected chi connectivity index (χ1v) is 10.9. The lowest BCUT2D eigenvalue weighted by Crippen LogP contribution is -2.08. The van der Waals surface area contributed by atoms with E-state index in [9.17, 15) is 0 Å². The van der Waals surface area contributed by atoms with Crippen molar-refractivity contribution in [2.75, 3.05) is 5.75 Å². The second-order valence-corrected chi connectivity index (χ2v) is 8.10. The second-order valence-electron chi connectivity index (χ2n) is 7.03. The molecule has 0 fully saturated rings. The first-order valence-electron chi connectivity index (χ1n) is 9.93. The average Bonchev–Trinajstić information content (AvgIpc) is 3.17. The minimum Gasteiger partial charge on any atom is -0.485 e. The Balaban J connectivity index is 1.54. The van der Waals surface area contributed by atoms with Crippen LogP contribution in [0, 0.1) is 13.8 Å². The van der Waals surface area contributed by atoms with Crippen LogP contribution < -0.4 is 4.74 Å². The monoisotopic (exact) mass is 416 g/mol. The number of aromatic nitrogens is 4. The summed E-state index contributed by atoms with van der Waals surface area (Å²) in [5, 5.41) is 9.78. The summed E-state index contributed by atoms with van der Waals surface area (Å²) in [5.74, 6) is 2.61. The Labute approximate surface area is 181 Å². The number of thioether (sulfide) groups is 1. The smallest absolute Gasteiger partial charge is 0.195 e. The highest BCUT2D eigenvalue weighted by Gasteiger charge is 2.16. The summed E-state index contributed by atoms with van der Waals surface area (Å²) in [6.07, 6.45) is 4.61. The summed E-state index contributed by atoms with van der Waals surface area (Å²) in [6.45, 7) is 4.48. The highest BCUT2D eigenvalue weighted by molar-refractivity contribution is 7.99. The molecule has 2 aromatic heterocycles. The Kier molecular flexibility index (Phi) is 6.44. The van der Waals surface area contributed by atoms with Crippen molar-refractivity contribution in [2.24, 2.45) is 0 Å². The molecule has 152 valence electrons. The summed E-state index contributed by atoms with van der Waals surface area (Å²) < 4.78 is 8.25. The lowest BCUT2D eigenvalue weighted by atomic mass is 10.1. The molecule has 0 saturated heterocycles. The zero-order valence-corrected chi connectivity index (χ0v) is 18.0. The van der Waals surface area contributed by atoms with Crippen molar-refractivity contribution >= 4 is 11.8 Å². The number of hydrogen-bond donors (Lipinski definition) is 0. The Morgan fingerprint density at radius 3 is 2.33 bits per heavy atom. The van der Waals surface area contributed by atoms with Gasteiger partial charge in [-0.3, -0.25) is 9.55 Å². The molecule has 0 radical (unpaired) electrons. The molecule has 0 aliphatic heterocycles. The van der Waals surface area contributed by atoms with Crippen molar-refractivity contribution in [3.05, 3.63) is 95.6 Å². The summed E-state index contributed by atoms with van der Waals surface area (Å²) >= 11 is 1.70. The number of ether oxygens (including phenoxy) is 1. The molecule has 2 heterocycles. The van der Waals surface area contributed by atoms with Crippen LogP contribution in [-0.4, -0.2) is 25.5 Å². The molecule has 0 bridgehead atoms. The van der Waals surface area contributed by atoms with Crippen molar-refractivity contribution < 1.29 is 4.74 Å². The Morgan fingerprint density at radius 2 is 1.60 bits per heavy atom.